The maximum Gasteiger partial charge on any atom is 0.239 e. The maximum absolute atomic E-state index is 12.8. The molecule has 2 amide bonds. The van der Waals surface area contributed by atoms with Crippen LogP contribution in [0.5, 0.6) is 11.5 Å². The van der Waals surface area contributed by atoms with Crippen molar-refractivity contribution in [1.82, 2.24) is 4.90 Å². The minimum Gasteiger partial charge on any atom is -0.455 e. The van der Waals surface area contributed by atoms with Gasteiger partial charge in [0.25, 0.3) is 0 Å². The van der Waals surface area contributed by atoms with Crippen molar-refractivity contribution in [1.29, 1.82) is 0 Å². The van der Waals surface area contributed by atoms with Gasteiger partial charge < -0.3 is 15.0 Å². The number of para-hydroxylation sites is 3. The second-order valence-corrected chi connectivity index (χ2v) is 7.07. The molecule has 144 valence electrons. The first kappa shape index (κ1) is 20.5. The van der Waals surface area contributed by atoms with E-state index in [1.54, 1.807) is 37.9 Å². The van der Waals surface area contributed by atoms with Crippen molar-refractivity contribution in [3.05, 3.63) is 54.6 Å². The van der Waals surface area contributed by atoms with E-state index in [1.807, 2.05) is 42.5 Å². The van der Waals surface area contributed by atoms with Gasteiger partial charge in [-0.25, -0.2) is 0 Å². The van der Waals surface area contributed by atoms with E-state index in [2.05, 4.69) is 12.2 Å². The van der Waals surface area contributed by atoms with Gasteiger partial charge in [0.15, 0.2) is 5.75 Å². The molecule has 1 N–H and O–H groups in total. The number of hydrogen-bond donors (Lipinski definition) is 1. The lowest BCUT2D eigenvalue weighted by Gasteiger charge is -2.28. The topological polar surface area (TPSA) is 58.6 Å². The second kappa shape index (κ2) is 9.21. The van der Waals surface area contributed by atoms with E-state index >= 15 is 0 Å². The smallest absolute Gasteiger partial charge is 0.239 e. The van der Waals surface area contributed by atoms with E-state index in [9.17, 15) is 9.59 Å². The molecular weight excluding hydrogens is 340 g/mol. The Morgan fingerprint density at radius 1 is 1.04 bits per heavy atom. The second-order valence-electron chi connectivity index (χ2n) is 7.07. The Morgan fingerprint density at radius 2 is 1.67 bits per heavy atom. The van der Waals surface area contributed by atoms with Gasteiger partial charge in [-0.2, -0.15) is 0 Å². The highest BCUT2D eigenvalue weighted by Gasteiger charge is 2.38. The van der Waals surface area contributed by atoms with Crippen LogP contribution in [-0.2, 0) is 9.59 Å². The summed E-state index contributed by atoms with van der Waals surface area (Å²) in [5.74, 6) is 0.642. The summed E-state index contributed by atoms with van der Waals surface area (Å²) in [5.41, 5.74) is -0.647. The quantitative estimate of drug-likeness (QED) is 0.687. The highest BCUT2D eigenvalue weighted by atomic mass is 16.5. The molecule has 0 unspecified atom stereocenters. The van der Waals surface area contributed by atoms with Gasteiger partial charge in [0.1, 0.15) is 11.2 Å². The van der Waals surface area contributed by atoms with Gasteiger partial charge in [-0.15, -0.1) is 0 Å². The van der Waals surface area contributed by atoms with Crippen LogP contribution in [0.25, 0.3) is 0 Å². The molecule has 0 aliphatic heterocycles. The van der Waals surface area contributed by atoms with Gasteiger partial charge in [0, 0.05) is 13.6 Å². The lowest BCUT2D eigenvalue weighted by atomic mass is 9.90. The van der Waals surface area contributed by atoms with Crippen molar-refractivity contribution in [2.75, 3.05) is 18.9 Å². The molecule has 2 rings (SSSR count). The summed E-state index contributed by atoms with van der Waals surface area (Å²) < 4.78 is 5.87. The van der Waals surface area contributed by atoms with Crippen LogP contribution in [0.15, 0.2) is 54.6 Å². The van der Waals surface area contributed by atoms with Crippen LogP contribution in [0.3, 0.4) is 0 Å². The predicted octanol–water partition coefficient (Wildman–Crippen LogP) is 4.70. The van der Waals surface area contributed by atoms with Gasteiger partial charge in [0.05, 0.1) is 5.69 Å². The molecule has 27 heavy (non-hydrogen) atoms. The molecule has 0 radical (unpaired) electrons. The maximum atomic E-state index is 12.8. The summed E-state index contributed by atoms with van der Waals surface area (Å²) in [6, 6.07) is 16.5. The molecular formula is C22H28N2O3. The molecule has 5 nitrogen and oxygen atoms in total. The first-order chi connectivity index (χ1) is 12.9. The number of carbonyl (C=O) groups excluding carboxylic acids is 2. The number of nitrogens with zero attached hydrogens (tertiary/aromatic N) is 1. The molecule has 0 aromatic heterocycles. The number of benzene rings is 2. The molecule has 0 heterocycles. The number of unbranched alkanes of at least 4 members (excludes halogenated alkanes) is 1. The van der Waals surface area contributed by atoms with Crippen molar-refractivity contribution in [3.8, 4) is 11.5 Å². The van der Waals surface area contributed by atoms with Gasteiger partial charge in [-0.05, 0) is 44.5 Å². The SMILES string of the molecule is CCCCN(C)C(=O)C(C)(C)C(=O)Nc1ccccc1Oc1ccccc1. The number of amides is 2. The Morgan fingerprint density at radius 3 is 2.33 bits per heavy atom. The van der Waals surface area contributed by atoms with Crippen molar-refractivity contribution >= 4 is 17.5 Å². The third-order valence-electron chi connectivity index (χ3n) is 4.40. The van der Waals surface area contributed by atoms with E-state index < -0.39 is 5.41 Å². The first-order valence-corrected chi connectivity index (χ1v) is 9.25. The van der Waals surface area contributed by atoms with Crippen LogP contribution in [-0.4, -0.2) is 30.3 Å². The summed E-state index contributed by atoms with van der Waals surface area (Å²) in [6.07, 6.45) is 1.90. The highest BCUT2D eigenvalue weighted by molar-refractivity contribution is 6.10. The number of ether oxygens (including phenoxy) is 1. The Kier molecular flexibility index (Phi) is 6.99. The fourth-order valence-corrected chi connectivity index (χ4v) is 2.62. The number of rotatable bonds is 8. The zero-order valence-electron chi connectivity index (χ0n) is 16.5. The number of carbonyl (C=O) groups is 2. The molecule has 0 spiro atoms. The van der Waals surface area contributed by atoms with Crippen LogP contribution in [0.1, 0.15) is 33.6 Å². The van der Waals surface area contributed by atoms with Gasteiger partial charge in [0.2, 0.25) is 11.8 Å². The van der Waals surface area contributed by atoms with Crippen LogP contribution in [0.2, 0.25) is 0 Å². The minimum atomic E-state index is -1.18. The predicted molar refractivity (Wildman–Crippen MR) is 108 cm³/mol. The molecule has 0 saturated heterocycles. The standard InChI is InChI=1S/C22H28N2O3/c1-5-6-16-24(4)21(26)22(2,3)20(25)23-18-14-10-11-15-19(18)27-17-12-8-7-9-13-17/h7-15H,5-6,16H2,1-4H3,(H,23,25). The van der Waals surface area contributed by atoms with Crippen molar-refractivity contribution in [3.63, 3.8) is 0 Å². The fraction of sp³-hybridized carbons (Fsp3) is 0.364. The third-order valence-corrected chi connectivity index (χ3v) is 4.40. The lowest BCUT2D eigenvalue weighted by Crippen LogP contribution is -2.46. The van der Waals surface area contributed by atoms with Crippen molar-refractivity contribution < 1.29 is 14.3 Å². The number of nitrogens with one attached hydrogen (secondary N) is 1. The summed E-state index contributed by atoms with van der Waals surface area (Å²) in [4.78, 5) is 27.2. The third kappa shape index (κ3) is 5.33. The zero-order chi connectivity index (χ0) is 19.9. The van der Waals surface area contributed by atoms with E-state index in [4.69, 9.17) is 4.74 Å². The number of hydrogen-bond acceptors (Lipinski definition) is 3. The molecule has 0 saturated carbocycles. The van der Waals surface area contributed by atoms with E-state index in [0.29, 0.717) is 23.7 Å². The van der Waals surface area contributed by atoms with Crippen LogP contribution in [0, 0.1) is 5.41 Å². The molecule has 2 aromatic rings. The average molecular weight is 368 g/mol. The van der Waals surface area contributed by atoms with Crippen molar-refractivity contribution in [2.24, 2.45) is 5.41 Å². The molecule has 5 heteroatoms. The summed E-state index contributed by atoms with van der Waals surface area (Å²) in [6.45, 7) is 6.00. The van der Waals surface area contributed by atoms with Crippen LogP contribution < -0.4 is 10.1 Å². The van der Waals surface area contributed by atoms with Crippen molar-refractivity contribution in [2.45, 2.75) is 33.6 Å². The Labute approximate surface area is 161 Å². The molecule has 0 atom stereocenters. The van der Waals surface area contributed by atoms with E-state index in [1.165, 1.54) is 0 Å². The van der Waals surface area contributed by atoms with Gasteiger partial charge in [-0.1, -0.05) is 43.7 Å². The monoisotopic (exact) mass is 368 g/mol. The Hall–Kier alpha value is -2.82. The summed E-state index contributed by atoms with van der Waals surface area (Å²) in [7, 11) is 1.74. The Balaban J connectivity index is 2.14. The summed E-state index contributed by atoms with van der Waals surface area (Å²) >= 11 is 0. The van der Waals surface area contributed by atoms with Crippen LogP contribution in [0.4, 0.5) is 5.69 Å². The summed E-state index contributed by atoms with van der Waals surface area (Å²) in [5, 5.41) is 2.85. The number of anilines is 1. The van der Waals surface area contributed by atoms with Gasteiger partial charge in [-0.3, -0.25) is 9.59 Å². The van der Waals surface area contributed by atoms with Crippen LogP contribution >= 0.6 is 0 Å². The largest absolute Gasteiger partial charge is 0.455 e. The molecule has 0 fully saturated rings. The minimum absolute atomic E-state index is 0.199. The first-order valence-electron chi connectivity index (χ1n) is 9.25. The Bertz CT molecular complexity index is 772. The normalized spacial score (nSPS) is 11.0. The zero-order valence-corrected chi connectivity index (χ0v) is 16.5. The van der Waals surface area contributed by atoms with E-state index in [0.717, 1.165) is 12.8 Å². The molecule has 0 aliphatic rings. The molecule has 0 bridgehead atoms. The fourth-order valence-electron chi connectivity index (χ4n) is 2.62. The van der Waals surface area contributed by atoms with Gasteiger partial charge >= 0.3 is 0 Å². The average Bonchev–Trinajstić information content (AvgIpc) is 2.67. The van der Waals surface area contributed by atoms with E-state index in [-0.39, 0.29) is 11.8 Å². The molecule has 0 aliphatic carbocycles. The molecule has 2 aromatic carbocycles. The lowest BCUT2D eigenvalue weighted by molar-refractivity contribution is -0.145. The highest BCUT2D eigenvalue weighted by Crippen LogP contribution is 2.31.